The standard InChI is InChI=1S/C34H54N4O9/c1-22(2)30(37-23(3)39)27(40)20-24(14-13-18-36-33(35)44)31(42)38-25-16-17-26(32(43)45-7)28(21-25)46-19-12-10-8-9-11-15-29(41)47-34(4,5)6/h16-17,21-22,24,30H,8-15,18-20H2,1-7H3,(H,37,39)(H,38,42)(H3,35,36,44)/t24-,30+/m1/s1. The molecule has 1 aromatic rings. The largest absolute Gasteiger partial charge is 0.493 e. The Morgan fingerprint density at radius 3 is 2.19 bits per heavy atom. The third-order valence-corrected chi connectivity index (χ3v) is 7.08. The van der Waals surface area contributed by atoms with Crippen LogP contribution in [-0.2, 0) is 28.7 Å². The van der Waals surface area contributed by atoms with Crippen molar-refractivity contribution in [1.82, 2.24) is 10.6 Å². The minimum atomic E-state index is -0.771. The van der Waals surface area contributed by atoms with Crippen LogP contribution >= 0.6 is 0 Å². The number of esters is 2. The van der Waals surface area contributed by atoms with Crippen LogP contribution in [0.25, 0.3) is 0 Å². The molecule has 0 aliphatic rings. The number of carbonyl (C=O) groups is 6. The van der Waals surface area contributed by atoms with Gasteiger partial charge in [-0.1, -0.05) is 33.1 Å². The summed E-state index contributed by atoms with van der Waals surface area (Å²) in [7, 11) is 1.26. The third-order valence-electron chi connectivity index (χ3n) is 7.08. The highest BCUT2D eigenvalue weighted by Gasteiger charge is 2.29. The quantitative estimate of drug-likeness (QED) is 0.107. The van der Waals surface area contributed by atoms with Gasteiger partial charge >= 0.3 is 18.0 Å². The van der Waals surface area contributed by atoms with Gasteiger partial charge in [0.2, 0.25) is 11.8 Å². The van der Waals surface area contributed by atoms with Gasteiger partial charge in [0, 0.05) is 44.0 Å². The molecule has 5 N–H and O–H groups in total. The zero-order chi connectivity index (χ0) is 35.6. The van der Waals surface area contributed by atoms with Crippen molar-refractivity contribution >= 4 is 41.3 Å². The summed E-state index contributed by atoms with van der Waals surface area (Å²) in [5.41, 5.74) is 5.20. The molecule has 1 rings (SSSR count). The number of nitrogens with two attached hydrogens (primary N) is 1. The maximum absolute atomic E-state index is 13.4. The molecule has 0 saturated carbocycles. The van der Waals surface area contributed by atoms with Crippen molar-refractivity contribution in [2.75, 3.05) is 25.6 Å². The van der Waals surface area contributed by atoms with Gasteiger partial charge < -0.3 is 35.9 Å². The van der Waals surface area contributed by atoms with E-state index in [9.17, 15) is 28.8 Å². The Labute approximate surface area is 278 Å². The Kier molecular flexibility index (Phi) is 18.1. The average molecular weight is 663 g/mol. The van der Waals surface area contributed by atoms with Crippen LogP contribution < -0.4 is 26.4 Å². The number of nitrogens with one attached hydrogen (secondary N) is 3. The Morgan fingerprint density at radius 1 is 0.936 bits per heavy atom. The van der Waals surface area contributed by atoms with Gasteiger partial charge in [-0.2, -0.15) is 0 Å². The number of ether oxygens (including phenoxy) is 3. The Hall–Kier alpha value is -4.16. The second kappa shape index (κ2) is 20.9. The van der Waals surface area contributed by atoms with E-state index in [4.69, 9.17) is 19.9 Å². The van der Waals surface area contributed by atoms with E-state index < -0.39 is 35.5 Å². The molecule has 13 heteroatoms. The molecule has 0 aromatic heterocycles. The normalized spacial score (nSPS) is 12.4. The maximum Gasteiger partial charge on any atom is 0.341 e. The van der Waals surface area contributed by atoms with Crippen LogP contribution in [0.5, 0.6) is 5.75 Å². The SMILES string of the molecule is COC(=O)c1ccc(NC(=O)[C@H](CCCNC(N)=O)CC(=O)[C@@H](NC(C)=O)C(C)C)cc1OCCCCCCCC(=O)OC(C)(C)C. The summed E-state index contributed by atoms with van der Waals surface area (Å²) in [5.74, 6) is -2.59. The fourth-order valence-corrected chi connectivity index (χ4v) is 4.81. The number of unbranched alkanes of at least 4 members (excludes halogenated alkanes) is 4. The first-order valence-corrected chi connectivity index (χ1v) is 16.2. The predicted molar refractivity (Wildman–Crippen MR) is 178 cm³/mol. The molecule has 0 radical (unpaired) electrons. The minimum Gasteiger partial charge on any atom is -0.493 e. The van der Waals surface area contributed by atoms with Crippen LogP contribution in [-0.4, -0.2) is 67.5 Å². The second-order valence-corrected chi connectivity index (χ2v) is 12.9. The highest BCUT2D eigenvalue weighted by atomic mass is 16.6. The Balaban J connectivity index is 2.90. The van der Waals surface area contributed by atoms with Crippen LogP contribution in [0.2, 0.25) is 0 Å². The summed E-state index contributed by atoms with van der Waals surface area (Å²) in [5, 5.41) is 7.96. The van der Waals surface area contributed by atoms with Crippen molar-refractivity contribution < 1.29 is 43.0 Å². The fourth-order valence-electron chi connectivity index (χ4n) is 4.81. The fraction of sp³-hybridized carbons (Fsp3) is 0.647. The average Bonchev–Trinajstić information content (AvgIpc) is 2.97. The van der Waals surface area contributed by atoms with Gasteiger partial charge in [0.05, 0.1) is 19.8 Å². The first kappa shape index (κ1) is 40.9. The molecule has 47 heavy (non-hydrogen) atoms. The van der Waals surface area contributed by atoms with Gasteiger partial charge in [0.25, 0.3) is 0 Å². The number of hydrogen-bond donors (Lipinski definition) is 4. The number of rotatable bonds is 21. The smallest absolute Gasteiger partial charge is 0.341 e. The molecule has 0 fully saturated rings. The number of urea groups is 1. The van der Waals surface area contributed by atoms with Crippen LogP contribution in [0.3, 0.4) is 0 Å². The second-order valence-electron chi connectivity index (χ2n) is 12.9. The van der Waals surface area contributed by atoms with E-state index in [0.717, 1.165) is 25.7 Å². The summed E-state index contributed by atoms with van der Waals surface area (Å²) < 4.78 is 16.1. The van der Waals surface area contributed by atoms with E-state index in [-0.39, 0.29) is 54.3 Å². The number of primary amides is 1. The number of carbonyl (C=O) groups excluding carboxylic acids is 6. The van der Waals surface area contributed by atoms with Gasteiger partial charge in [0.15, 0.2) is 5.78 Å². The van der Waals surface area contributed by atoms with Gasteiger partial charge in [-0.3, -0.25) is 19.2 Å². The van der Waals surface area contributed by atoms with Crippen LogP contribution in [0, 0.1) is 11.8 Å². The van der Waals surface area contributed by atoms with Crippen LogP contribution in [0.15, 0.2) is 18.2 Å². The van der Waals surface area contributed by atoms with Crippen molar-refractivity contribution in [1.29, 1.82) is 0 Å². The number of anilines is 1. The molecule has 13 nitrogen and oxygen atoms in total. The number of amides is 4. The lowest BCUT2D eigenvalue weighted by atomic mass is 9.89. The number of ketones is 1. The van der Waals surface area contributed by atoms with Crippen molar-refractivity contribution in [2.45, 2.75) is 111 Å². The van der Waals surface area contributed by atoms with Crippen LogP contribution in [0.4, 0.5) is 10.5 Å². The molecule has 0 saturated heterocycles. The highest BCUT2D eigenvalue weighted by Crippen LogP contribution is 2.26. The van der Waals surface area contributed by atoms with E-state index in [1.54, 1.807) is 6.07 Å². The minimum absolute atomic E-state index is 0.132. The molecule has 0 heterocycles. The lowest BCUT2D eigenvalue weighted by Crippen LogP contribution is -2.44. The first-order valence-electron chi connectivity index (χ1n) is 16.2. The first-order chi connectivity index (χ1) is 22.0. The molecule has 2 atom stereocenters. The van der Waals surface area contributed by atoms with E-state index in [1.807, 2.05) is 34.6 Å². The topological polar surface area (TPSA) is 192 Å². The number of hydrogen-bond acceptors (Lipinski definition) is 9. The van der Waals surface area contributed by atoms with E-state index in [2.05, 4.69) is 16.0 Å². The molecule has 0 spiro atoms. The summed E-state index contributed by atoms with van der Waals surface area (Å²) >= 11 is 0. The molecule has 0 aliphatic carbocycles. The van der Waals surface area contributed by atoms with Crippen molar-refractivity contribution in [3.63, 3.8) is 0 Å². The van der Waals surface area contributed by atoms with E-state index in [0.29, 0.717) is 31.6 Å². The van der Waals surface area contributed by atoms with Crippen molar-refractivity contribution in [3.8, 4) is 5.75 Å². The van der Waals surface area contributed by atoms with Crippen molar-refractivity contribution in [2.24, 2.45) is 17.6 Å². The van der Waals surface area contributed by atoms with Crippen LogP contribution in [0.1, 0.15) is 110 Å². The summed E-state index contributed by atoms with van der Waals surface area (Å²) in [6.45, 7) is 11.0. The Bertz CT molecular complexity index is 1210. The highest BCUT2D eigenvalue weighted by molar-refractivity contribution is 5.98. The van der Waals surface area contributed by atoms with Gasteiger partial charge in [-0.25, -0.2) is 9.59 Å². The number of Topliss-reactive ketones (excluding diaryl/α,β-unsaturated/α-hetero) is 1. The summed E-state index contributed by atoms with van der Waals surface area (Å²) in [6, 6.07) is 3.13. The zero-order valence-electron chi connectivity index (χ0n) is 29.0. The monoisotopic (exact) mass is 662 g/mol. The predicted octanol–water partition coefficient (Wildman–Crippen LogP) is 4.66. The lowest BCUT2D eigenvalue weighted by Gasteiger charge is -2.23. The molecule has 4 amide bonds. The Morgan fingerprint density at radius 2 is 1.60 bits per heavy atom. The van der Waals surface area contributed by atoms with E-state index >= 15 is 0 Å². The molecule has 0 aliphatic heterocycles. The van der Waals surface area contributed by atoms with Gasteiger partial charge in [0.1, 0.15) is 16.9 Å². The maximum atomic E-state index is 13.4. The number of methoxy groups -OCH3 is 1. The molecular weight excluding hydrogens is 608 g/mol. The van der Waals surface area contributed by atoms with E-state index in [1.165, 1.54) is 26.2 Å². The summed E-state index contributed by atoms with van der Waals surface area (Å²) in [6.07, 6.45) is 4.98. The zero-order valence-corrected chi connectivity index (χ0v) is 29.0. The molecule has 1 aromatic carbocycles. The molecule has 0 bridgehead atoms. The molecule has 264 valence electrons. The summed E-state index contributed by atoms with van der Waals surface area (Å²) in [4.78, 5) is 73.6. The lowest BCUT2D eigenvalue weighted by molar-refractivity contribution is -0.155. The van der Waals surface area contributed by atoms with Gasteiger partial charge in [-0.05, 0) is 64.5 Å². The third kappa shape index (κ3) is 17.4. The molecule has 0 unspecified atom stereocenters. The van der Waals surface area contributed by atoms with Crippen molar-refractivity contribution in [3.05, 3.63) is 23.8 Å². The molecular formula is C34H54N4O9. The number of benzene rings is 1. The van der Waals surface area contributed by atoms with Gasteiger partial charge in [-0.15, -0.1) is 0 Å².